The third-order valence-corrected chi connectivity index (χ3v) is 5.84. The molecule has 0 radical (unpaired) electrons. The summed E-state index contributed by atoms with van der Waals surface area (Å²) in [7, 11) is 0. The fourth-order valence-electron chi connectivity index (χ4n) is 3.97. The Labute approximate surface area is 209 Å². The molecule has 0 unspecified atom stereocenters. The zero-order valence-corrected chi connectivity index (χ0v) is 20.2. The molecule has 36 heavy (non-hydrogen) atoms. The van der Waals surface area contributed by atoms with Gasteiger partial charge in [0, 0.05) is 34.8 Å². The van der Waals surface area contributed by atoms with Crippen molar-refractivity contribution in [3.8, 4) is 28.4 Å². The van der Waals surface area contributed by atoms with Crippen molar-refractivity contribution < 1.29 is 9.84 Å². The van der Waals surface area contributed by atoms with E-state index in [-0.39, 0.29) is 11.7 Å². The minimum Gasteiger partial charge on any atom is -0.475 e. The van der Waals surface area contributed by atoms with Crippen LogP contribution in [0.4, 0.5) is 5.82 Å². The van der Waals surface area contributed by atoms with Gasteiger partial charge in [-0.2, -0.15) is 0 Å². The van der Waals surface area contributed by atoms with E-state index in [1.165, 1.54) is 0 Å². The molecule has 0 aliphatic heterocycles. The Kier molecular flexibility index (Phi) is 6.31. The quantitative estimate of drug-likeness (QED) is 0.332. The number of hydrogen-bond acceptors (Lipinski definition) is 7. The summed E-state index contributed by atoms with van der Waals surface area (Å²) in [6.45, 7) is 3.74. The molecule has 0 amide bonds. The van der Waals surface area contributed by atoms with Crippen molar-refractivity contribution in [2.45, 2.75) is 25.9 Å². The Morgan fingerprint density at radius 3 is 2.44 bits per heavy atom. The predicted octanol–water partition coefficient (Wildman–Crippen LogP) is 5.18. The van der Waals surface area contributed by atoms with Crippen molar-refractivity contribution in [2.24, 2.45) is 0 Å². The number of nitrogens with two attached hydrogens (primary N) is 1. The van der Waals surface area contributed by atoms with Crippen LogP contribution in [0.25, 0.3) is 33.4 Å². The zero-order valence-electron chi connectivity index (χ0n) is 20.2. The van der Waals surface area contributed by atoms with Crippen molar-refractivity contribution in [3.63, 3.8) is 0 Å². The maximum atomic E-state index is 10.2. The van der Waals surface area contributed by atoms with Gasteiger partial charge in [0.15, 0.2) is 5.82 Å². The van der Waals surface area contributed by atoms with E-state index in [2.05, 4.69) is 9.97 Å². The van der Waals surface area contributed by atoms with E-state index in [9.17, 15) is 5.11 Å². The van der Waals surface area contributed by atoms with Crippen LogP contribution in [-0.4, -0.2) is 31.6 Å². The van der Waals surface area contributed by atoms with Crippen molar-refractivity contribution in [1.82, 2.24) is 19.9 Å². The van der Waals surface area contributed by atoms with Gasteiger partial charge in [0.2, 0.25) is 0 Å². The van der Waals surface area contributed by atoms with E-state index in [1.807, 2.05) is 78.9 Å². The topological polar surface area (TPSA) is 107 Å². The van der Waals surface area contributed by atoms with Crippen LogP contribution in [0.3, 0.4) is 0 Å². The zero-order chi connectivity index (χ0) is 25.1. The highest BCUT2D eigenvalue weighted by Crippen LogP contribution is 2.34. The van der Waals surface area contributed by atoms with E-state index in [0.717, 1.165) is 27.7 Å². The molecule has 7 nitrogen and oxygen atoms in total. The first-order valence-corrected chi connectivity index (χ1v) is 11.8. The summed E-state index contributed by atoms with van der Waals surface area (Å²) in [5.74, 6) is 0.493. The summed E-state index contributed by atoms with van der Waals surface area (Å²) in [4.78, 5) is 18.5. The second-order valence-corrected chi connectivity index (χ2v) is 9.06. The van der Waals surface area contributed by atoms with Crippen molar-refractivity contribution in [1.29, 1.82) is 0 Å². The standard InChI is InChI=1S/C29H27N5O2/c1-29(2,35)24-12-6-11-22(32-24)15-17-36-28-27(30)33-25(19-8-4-3-5-9-19)26(34-28)21-13-14-23-20(18-21)10-7-16-31-23/h3-14,16,18,35H,15,17H2,1-2H3,(H2,30,33). The minimum absolute atomic E-state index is 0.221. The lowest BCUT2D eigenvalue weighted by Crippen LogP contribution is -2.18. The first-order valence-electron chi connectivity index (χ1n) is 11.8. The van der Waals surface area contributed by atoms with Crippen LogP contribution < -0.4 is 10.5 Å². The Bertz CT molecular complexity index is 1510. The van der Waals surface area contributed by atoms with Gasteiger partial charge in [0.05, 0.1) is 23.5 Å². The molecule has 0 aliphatic rings. The molecule has 0 fully saturated rings. The van der Waals surface area contributed by atoms with E-state index < -0.39 is 5.60 Å². The van der Waals surface area contributed by atoms with Gasteiger partial charge in [-0.1, -0.05) is 48.5 Å². The van der Waals surface area contributed by atoms with Crippen LogP contribution >= 0.6 is 0 Å². The van der Waals surface area contributed by atoms with Crippen molar-refractivity contribution in [2.75, 3.05) is 12.3 Å². The van der Waals surface area contributed by atoms with Crippen LogP contribution in [0.15, 0.2) is 85.1 Å². The first-order chi connectivity index (χ1) is 17.4. The average Bonchev–Trinajstić information content (AvgIpc) is 2.89. The molecule has 3 aromatic heterocycles. The van der Waals surface area contributed by atoms with Crippen LogP contribution in [0.1, 0.15) is 25.2 Å². The fraction of sp³-hybridized carbons (Fsp3) is 0.172. The van der Waals surface area contributed by atoms with Gasteiger partial charge in [-0.25, -0.2) is 9.97 Å². The molecule has 0 spiro atoms. The number of hydrogen-bond donors (Lipinski definition) is 2. The molecule has 0 aliphatic carbocycles. The second kappa shape index (κ2) is 9.71. The smallest absolute Gasteiger partial charge is 0.257 e. The second-order valence-electron chi connectivity index (χ2n) is 9.06. The minimum atomic E-state index is -1.01. The highest BCUT2D eigenvalue weighted by atomic mass is 16.5. The first kappa shape index (κ1) is 23.4. The van der Waals surface area contributed by atoms with Crippen LogP contribution in [-0.2, 0) is 12.0 Å². The Morgan fingerprint density at radius 2 is 1.64 bits per heavy atom. The molecular weight excluding hydrogens is 450 g/mol. The maximum Gasteiger partial charge on any atom is 0.257 e. The summed E-state index contributed by atoms with van der Waals surface area (Å²) in [5.41, 5.74) is 10.8. The monoisotopic (exact) mass is 477 g/mol. The molecule has 2 aromatic carbocycles. The van der Waals surface area contributed by atoms with Crippen LogP contribution in [0.5, 0.6) is 5.88 Å². The lowest BCUT2D eigenvalue weighted by atomic mass is 10.0. The largest absolute Gasteiger partial charge is 0.475 e. The van der Waals surface area contributed by atoms with E-state index >= 15 is 0 Å². The normalized spacial score (nSPS) is 11.5. The number of fused-ring (bicyclic) bond motifs is 1. The molecular formula is C29H27N5O2. The maximum absolute atomic E-state index is 10.2. The van der Waals surface area contributed by atoms with Gasteiger partial charge in [0.1, 0.15) is 11.3 Å². The number of nitrogen functional groups attached to an aromatic ring is 1. The van der Waals surface area contributed by atoms with Gasteiger partial charge in [-0.3, -0.25) is 9.97 Å². The molecule has 7 heteroatoms. The van der Waals surface area contributed by atoms with Gasteiger partial charge >= 0.3 is 0 Å². The molecule has 180 valence electrons. The van der Waals surface area contributed by atoms with E-state index in [4.69, 9.17) is 20.4 Å². The molecule has 5 rings (SSSR count). The molecule has 0 bridgehead atoms. The third-order valence-electron chi connectivity index (χ3n) is 5.84. The number of pyridine rings is 2. The Hall–Kier alpha value is -4.36. The summed E-state index contributed by atoms with van der Waals surface area (Å²) in [6.07, 6.45) is 2.31. The third kappa shape index (κ3) is 5.01. The van der Waals surface area contributed by atoms with Crippen molar-refractivity contribution in [3.05, 3.63) is 96.4 Å². The molecule has 5 aromatic rings. The van der Waals surface area contributed by atoms with Crippen LogP contribution in [0, 0.1) is 0 Å². The van der Waals surface area contributed by atoms with Gasteiger partial charge in [-0.15, -0.1) is 0 Å². The fourth-order valence-corrected chi connectivity index (χ4v) is 3.97. The molecule has 0 saturated carbocycles. The number of anilines is 1. The number of aromatic nitrogens is 4. The molecule has 3 N–H and O–H groups in total. The summed E-state index contributed by atoms with van der Waals surface area (Å²) >= 11 is 0. The predicted molar refractivity (Wildman–Crippen MR) is 141 cm³/mol. The summed E-state index contributed by atoms with van der Waals surface area (Å²) in [5, 5.41) is 11.3. The number of benzene rings is 2. The Balaban J connectivity index is 1.48. The number of ether oxygens (including phenoxy) is 1. The molecule has 0 atom stereocenters. The number of rotatable bonds is 7. The summed E-state index contributed by atoms with van der Waals surface area (Å²) in [6, 6.07) is 25.4. The van der Waals surface area contributed by atoms with E-state index in [0.29, 0.717) is 30.1 Å². The molecule has 0 saturated heterocycles. The SMILES string of the molecule is CC(C)(O)c1cccc(CCOc2nc(-c3ccc4ncccc4c3)c(-c3ccccc3)nc2N)n1. The lowest BCUT2D eigenvalue weighted by Gasteiger charge is -2.17. The summed E-state index contributed by atoms with van der Waals surface area (Å²) < 4.78 is 5.99. The highest BCUT2D eigenvalue weighted by molar-refractivity contribution is 5.87. The van der Waals surface area contributed by atoms with Crippen LogP contribution in [0.2, 0.25) is 0 Å². The van der Waals surface area contributed by atoms with Gasteiger partial charge < -0.3 is 15.6 Å². The average molecular weight is 478 g/mol. The number of nitrogens with zero attached hydrogens (tertiary/aromatic N) is 4. The van der Waals surface area contributed by atoms with Gasteiger partial charge in [-0.05, 0) is 44.2 Å². The highest BCUT2D eigenvalue weighted by Gasteiger charge is 2.19. The lowest BCUT2D eigenvalue weighted by molar-refractivity contribution is 0.0736. The van der Waals surface area contributed by atoms with E-state index in [1.54, 1.807) is 20.0 Å². The molecule has 3 heterocycles. The number of aliphatic hydroxyl groups is 1. The van der Waals surface area contributed by atoms with Gasteiger partial charge in [0.25, 0.3) is 5.88 Å². The Morgan fingerprint density at radius 1 is 0.833 bits per heavy atom. The van der Waals surface area contributed by atoms with Crippen molar-refractivity contribution >= 4 is 16.7 Å².